The molecular weight excluding hydrogens is 388 g/mol. The summed E-state index contributed by atoms with van der Waals surface area (Å²) in [4.78, 5) is 4.32. The Hall–Kier alpha value is -1.54. The average molecular weight is 422 g/mol. The highest BCUT2D eigenvalue weighted by Crippen LogP contribution is 2.39. The first-order valence-corrected chi connectivity index (χ1v) is 11.6. The maximum atomic E-state index is 13.7. The van der Waals surface area contributed by atoms with Crippen molar-refractivity contribution < 1.29 is 13.5 Å². The fourth-order valence-electron chi connectivity index (χ4n) is 5.90. The molecule has 1 aromatic heterocycles. The van der Waals surface area contributed by atoms with Crippen LogP contribution in [-0.4, -0.2) is 73.0 Å². The van der Waals surface area contributed by atoms with Crippen molar-refractivity contribution in [3.8, 4) is 0 Å². The summed E-state index contributed by atoms with van der Waals surface area (Å²) in [5.74, 6) is 1.02. The second kappa shape index (κ2) is 8.54. The Bertz CT molecular complexity index is 698. The fourth-order valence-corrected chi connectivity index (χ4v) is 5.90. The first-order chi connectivity index (χ1) is 14.5. The zero-order valence-corrected chi connectivity index (χ0v) is 17.6. The second-order valence-electron chi connectivity index (χ2n) is 9.76. The number of rotatable bonds is 5. The third-order valence-corrected chi connectivity index (χ3v) is 7.40. The number of hydrogen-bond donors (Lipinski definition) is 1. The minimum atomic E-state index is -2.63. The number of alkyl halides is 2. The predicted octanol–water partition coefficient (Wildman–Crippen LogP) is 3.26. The van der Waals surface area contributed by atoms with Gasteiger partial charge in [0.05, 0.1) is 6.54 Å². The van der Waals surface area contributed by atoms with Crippen LogP contribution in [0.5, 0.6) is 0 Å². The molecule has 8 heteroatoms. The number of aromatic nitrogens is 2. The quantitative estimate of drug-likeness (QED) is 0.788. The Balaban J connectivity index is 1.10. The Morgan fingerprint density at radius 3 is 2.53 bits per heavy atom. The third kappa shape index (κ3) is 4.69. The van der Waals surface area contributed by atoms with Gasteiger partial charge in [0.1, 0.15) is 5.82 Å². The fraction of sp³-hybridized carbons (Fsp3) is 0.818. The van der Waals surface area contributed by atoms with Gasteiger partial charge in [-0.25, -0.2) is 8.78 Å². The van der Waals surface area contributed by atoms with Gasteiger partial charge in [0.2, 0.25) is 0 Å². The van der Waals surface area contributed by atoms with Gasteiger partial charge in [0, 0.05) is 51.9 Å². The van der Waals surface area contributed by atoms with E-state index in [1.54, 1.807) is 4.90 Å². The van der Waals surface area contributed by atoms with E-state index in [0.29, 0.717) is 24.8 Å². The molecule has 0 amide bonds. The number of anilines is 2. The molecule has 166 valence electrons. The van der Waals surface area contributed by atoms with E-state index in [2.05, 4.69) is 20.4 Å². The van der Waals surface area contributed by atoms with Crippen molar-refractivity contribution in [3.63, 3.8) is 0 Å². The summed E-state index contributed by atoms with van der Waals surface area (Å²) in [7, 11) is 0. The monoisotopic (exact) mass is 421 g/mol. The molecule has 0 spiro atoms. The Labute approximate surface area is 177 Å². The highest BCUT2D eigenvalue weighted by Gasteiger charge is 2.41. The second-order valence-corrected chi connectivity index (χ2v) is 9.76. The molecule has 30 heavy (non-hydrogen) atoms. The first-order valence-electron chi connectivity index (χ1n) is 11.6. The van der Waals surface area contributed by atoms with Gasteiger partial charge >= 0.3 is 0 Å². The molecule has 4 heterocycles. The molecule has 4 aliphatic rings. The van der Waals surface area contributed by atoms with Gasteiger partial charge in [0.25, 0.3) is 5.92 Å². The standard InChI is InChI=1S/C22H33F2N5O/c23-22(24)6-1-7-29(15-22)21-3-2-20(26-27-21)25-19-10-17-13-28(14-18(17)11-19)12-16-4-8-30-9-5-16/h2-3,16-19H,1,4-15H2,(H,25,26). The molecule has 1 aliphatic carbocycles. The molecule has 5 rings (SSSR count). The lowest BCUT2D eigenvalue weighted by atomic mass is 10.00. The number of fused-ring (bicyclic) bond motifs is 1. The van der Waals surface area contributed by atoms with Crippen LogP contribution in [0, 0.1) is 17.8 Å². The lowest BCUT2D eigenvalue weighted by Crippen LogP contribution is -2.43. The van der Waals surface area contributed by atoms with Crippen molar-refractivity contribution in [1.29, 1.82) is 0 Å². The summed E-state index contributed by atoms with van der Waals surface area (Å²) in [5.41, 5.74) is 0. The molecule has 3 saturated heterocycles. The number of likely N-dealkylation sites (tertiary alicyclic amines) is 1. The molecule has 1 saturated carbocycles. The van der Waals surface area contributed by atoms with Gasteiger partial charge in [-0.3, -0.25) is 0 Å². The van der Waals surface area contributed by atoms with E-state index in [4.69, 9.17) is 4.74 Å². The van der Waals surface area contributed by atoms with E-state index in [1.165, 1.54) is 45.3 Å². The lowest BCUT2D eigenvalue weighted by Gasteiger charge is -2.32. The van der Waals surface area contributed by atoms with Crippen molar-refractivity contribution in [2.24, 2.45) is 17.8 Å². The van der Waals surface area contributed by atoms with Gasteiger partial charge < -0.3 is 19.9 Å². The van der Waals surface area contributed by atoms with Crippen LogP contribution in [0.2, 0.25) is 0 Å². The van der Waals surface area contributed by atoms with E-state index in [9.17, 15) is 8.78 Å². The lowest BCUT2D eigenvalue weighted by molar-refractivity contribution is -0.0118. The van der Waals surface area contributed by atoms with Gasteiger partial charge in [-0.15, -0.1) is 10.2 Å². The minimum absolute atomic E-state index is 0.0346. The van der Waals surface area contributed by atoms with Crippen LogP contribution in [0.15, 0.2) is 12.1 Å². The number of nitrogens with zero attached hydrogens (tertiary/aromatic N) is 4. The Morgan fingerprint density at radius 2 is 1.87 bits per heavy atom. The summed E-state index contributed by atoms with van der Waals surface area (Å²) >= 11 is 0. The summed E-state index contributed by atoms with van der Waals surface area (Å²) in [6.45, 7) is 5.88. The van der Waals surface area contributed by atoms with Crippen LogP contribution in [0.3, 0.4) is 0 Å². The molecule has 2 atom stereocenters. The molecule has 1 N–H and O–H groups in total. The van der Waals surface area contributed by atoms with E-state index >= 15 is 0 Å². The maximum Gasteiger partial charge on any atom is 0.265 e. The minimum Gasteiger partial charge on any atom is -0.381 e. The SMILES string of the molecule is FC1(F)CCCN(c2ccc(NC3CC4CN(CC5CCOCC5)CC4C3)nn2)C1. The predicted molar refractivity (Wildman–Crippen MR) is 112 cm³/mol. The van der Waals surface area contributed by atoms with Gasteiger partial charge in [0.15, 0.2) is 5.82 Å². The third-order valence-electron chi connectivity index (χ3n) is 7.40. The van der Waals surface area contributed by atoms with Crippen molar-refractivity contribution in [2.75, 3.05) is 56.2 Å². The molecule has 0 radical (unpaired) electrons. The highest BCUT2D eigenvalue weighted by molar-refractivity contribution is 5.44. The molecule has 4 fully saturated rings. The number of halogens is 2. The largest absolute Gasteiger partial charge is 0.381 e. The topological polar surface area (TPSA) is 53.5 Å². The van der Waals surface area contributed by atoms with Crippen LogP contribution >= 0.6 is 0 Å². The van der Waals surface area contributed by atoms with E-state index in [-0.39, 0.29) is 13.0 Å². The van der Waals surface area contributed by atoms with Crippen LogP contribution in [0.1, 0.15) is 38.5 Å². The van der Waals surface area contributed by atoms with Crippen LogP contribution < -0.4 is 10.2 Å². The number of ether oxygens (including phenoxy) is 1. The zero-order chi connectivity index (χ0) is 20.6. The number of nitrogens with one attached hydrogen (secondary N) is 1. The number of piperidine rings is 1. The summed E-state index contributed by atoms with van der Waals surface area (Å²) in [6, 6.07) is 4.15. The molecular formula is C22H33F2N5O. The van der Waals surface area contributed by atoms with E-state index in [0.717, 1.165) is 36.8 Å². The average Bonchev–Trinajstić information content (AvgIpc) is 3.26. The van der Waals surface area contributed by atoms with Crippen LogP contribution in [0.25, 0.3) is 0 Å². The van der Waals surface area contributed by atoms with Crippen molar-refractivity contribution in [2.45, 2.75) is 50.5 Å². The highest BCUT2D eigenvalue weighted by atomic mass is 19.3. The van der Waals surface area contributed by atoms with Gasteiger partial charge in [-0.2, -0.15) is 0 Å². The van der Waals surface area contributed by atoms with Gasteiger partial charge in [-0.1, -0.05) is 0 Å². The molecule has 0 aromatic carbocycles. The van der Waals surface area contributed by atoms with E-state index in [1.807, 2.05) is 12.1 Å². The van der Waals surface area contributed by atoms with E-state index < -0.39 is 5.92 Å². The summed E-state index contributed by atoms with van der Waals surface area (Å²) in [6.07, 6.45) is 5.23. The molecule has 0 bridgehead atoms. The zero-order valence-electron chi connectivity index (χ0n) is 17.6. The van der Waals surface area contributed by atoms with Crippen molar-refractivity contribution in [1.82, 2.24) is 15.1 Å². The summed E-state index contributed by atoms with van der Waals surface area (Å²) < 4.78 is 32.8. The first kappa shape index (κ1) is 20.4. The van der Waals surface area contributed by atoms with Crippen molar-refractivity contribution >= 4 is 11.6 Å². The van der Waals surface area contributed by atoms with Crippen molar-refractivity contribution in [3.05, 3.63) is 12.1 Å². The molecule has 2 unspecified atom stereocenters. The van der Waals surface area contributed by atoms with Gasteiger partial charge in [-0.05, 0) is 62.0 Å². The summed E-state index contributed by atoms with van der Waals surface area (Å²) in [5, 5.41) is 12.0. The molecule has 1 aromatic rings. The molecule has 3 aliphatic heterocycles. The number of hydrogen-bond acceptors (Lipinski definition) is 6. The van der Waals surface area contributed by atoms with Crippen LogP contribution in [-0.2, 0) is 4.74 Å². The smallest absolute Gasteiger partial charge is 0.265 e. The molecule has 6 nitrogen and oxygen atoms in total. The maximum absolute atomic E-state index is 13.7. The normalized spacial score (nSPS) is 32.3. The Kier molecular flexibility index (Phi) is 5.79. The van der Waals surface area contributed by atoms with Crippen LogP contribution in [0.4, 0.5) is 20.4 Å². The Morgan fingerprint density at radius 1 is 1.10 bits per heavy atom.